The van der Waals surface area contributed by atoms with Gasteiger partial charge in [-0.15, -0.1) is 0 Å². The molecule has 0 spiro atoms. The quantitative estimate of drug-likeness (QED) is 0.210. The lowest BCUT2D eigenvalue weighted by Crippen LogP contribution is -2.32. The zero-order valence-corrected chi connectivity index (χ0v) is 5.14. The first-order valence-corrected chi connectivity index (χ1v) is 2.41. The van der Waals surface area contributed by atoms with E-state index in [1.807, 2.05) is 6.92 Å². The molecule has 48 valence electrons. The SMILES string of the molecule is CCOC(=NC)NN. The van der Waals surface area contributed by atoms with Gasteiger partial charge in [0.05, 0.1) is 6.61 Å². The third-order valence-electron chi connectivity index (χ3n) is 0.608. The minimum absolute atomic E-state index is 0.368. The summed E-state index contributed by atoms with van der Waals surface area (Å²) < 4.78 is 4.85. The lowest BCUT2D eigenvalue weighted by atomic mass is 10.9. The van der Waals surface area contributed by atoms with Crippen molar-refractivity contribution in [1.82, 2.24) is 5.43 Å². The molecule has 0 aromatic carbocycles. The second-order valence-corrected chi connectivity index (χ2v) is 1.11. The molecule has 4 nitrogen and oxygen atoms in total. The molecule has 0 aromatic heterocycles. The number of aliphatic imine (C=N–C) groups is 1. The monoisotopic (exact) mass is 117 g/mol. The number of nitrogens with zero attached hydrogens (tertiary/aromatic N) is 1. The van der Waals surface area contributed by atoms with Gasteiger partial charge in [-0.2, -0.15) is 0 Å². The van der Waals surface area contributed by atoms with Crippen LogP contribution in [0.15, 0.2) is 4.99 Å². The van der Waals surface area contributed by atoms with Crippen molar-refractivity contribution in [2.24, 2.45) is 10.8 Å². The molecule has 0 rings (SSSR count). The summed E-state index contributed by atoms with van der Waals surface area (Å²) in [6.45, 7) is 2.44. The van der Waals surface area contributed by atoms with Crippen LogP contribution in [-0.4, -0.2) is 19.7 Å². The molecule has 0 saturated carbocycles. The van der Waals surface area contributed by atoms with E-state index < -0.39 is 0 Å². The Labute approximate surface area is 48.7 Å². The molecule has 3 N–H and O–H groups in total. The van der Waals surface area contributed by atoms with Gasteiger partial charge < -0.3 is 4.74 Å². The van der Waals surface area contributed by atoms with E-state index >= 15 is 0 Å². The summed E-state index contributed by atoms with van der Waals surface area (Å²) in [5.74, 6) is 4.96. The van der Waals surface area contributed by atoms with E-state index in [0.717, 1.165) is 0 Å². The molecule has 8 heavy (non-hydrogen) atoms. The summed E-state index contributed by atoms with van der Waals surface area (Å²) in [4.78, 5) is 3.65. The van der Waals surface area contributed by atoms with E-state index in [2.05, 4.69) is 10.4 Å². The van der Waals surface area contributed by atoms with Crippen LogP contribution in [0.2, 0.25) is 0 Å². The van der Waals surface area contributed by atoms with Gasteiger partial charge in [-0.1, -0.05) is 0 Å². The summed E-state index contributed by atoms with van der Waals surface area (Å²) in [6, 6.07) is 0.368. The number of hydrazine groups is 1. The maximum atomic E-state index is 4.96. The highest BCUT2D eigenvalue weighted by molar-refractivity contribution is 5.72. The summed E-state index contributed by atoms with van der Waals surface area (Å²) in [5.41, 5.74) is 2.28. The Bertz CT molecular complexity index is 81.4. The van der Waals surface area contributed by atoms with Gasteiger partial charge in [0.2, 0.25) is 0 Å². The lowest BCUT2D eigenvalue weighted by Gasteiger charge is -2.02. The standard InChI is InChI=1S/C4H11N3O/c1-3-8-4(6-2)7-5/h3,5H2,1-2H3,(H,6,7). The molecular formula is C4H11N3O. The average molecular weight is 117 g/mol. The van der Waals surface area contributed by atoms with Crippen LogP contribution < -0.4 is 11.3 Å². The molecule has 0 heterocycles. The van der Waals surface area contributed by atoms with Crippen LogP contribution in [0.4, 0.5) is 0 Å². The Kier molecular flexibility index (Phi) is 3.97. The average Bonchev–Trinajstić information content (AvgIpc) is 1.83. The fourth-order valence-corrected chi connectivity index (χ4v) is 0.307. The van der Waals surface area contributed by atoms with Crippen molar-refractivity contribution in [2.45, 2.75) is 6.92 Å². The van der Waals surface area contributed by atoms with Crippen LogP contribution in [0, 0.1) is 0 Å². The topological polar surface area (TPSA) is 59.6 Å². The molecule has 0 radical (unpaired) electrons. The number of nitrogens with two attached hydrogens (primary N) is 1. The lowest BCUT2D eigenvalue weighted by molar-refractivity contribution is 0.310. The van der Waals surface area contributed by atoms with Crippen molar-refractivity contribution in [3.63, 3.8) is 0 Å². The Morgan fingerprint density at radius 3 is 2.62 bits per heavy atom. The van der Waals surface area contributed by atoms with E-state index in [1.54, 1.807) is 7.05 Å². The fourth-order valence-electron chi connectivity index (χ4n) is 0.307. The van der Waals surface area contributed by atoms with Crippen LogP contribution in [0.25, 0.3) is 0 Å². The highest BCUT2D eigenvalue weighted by Gasteiger charge is 1.87. The molecule has 0 amide bonds. The van der Waals surface area contributed by atoms with Crippen molar-refractivity contribution < 1.29 is 4.74 Å². The summed E-state index contributed by atoms with van der Waals surface area (Å²) >= 11 is 0. The molecule has 0 bridgehead atoms. The van der Waals surface area contributed by atoms with E-state index in [0.29, 0.717) is 12.6 Å². The number of amidine groups is 1. The highest BCUT2D eigenvalue weighted by Crippen LogP contribution is 1.71. The van der Waals surface area contributed by atoms with Gasteiger partial charge >= 0.3 is 0 Å². The predicted molar refractivity (Wildman–Crippen MR) is 32.3 cm³/mol. The second kappa shape index (κ2) is 4.39. The van der Waals surface area contributed by atoms with Gasteiger partial charge in [0.15, 0.2) is 0 Å². The smallest absolute Gasteiger partial charge is 0.298 e. The number of rotatable bonds is 1. The van der Waals surface area contributed by atoms with Crippen molar-refractivity contribution in [2.75, 3.05) is 13.7 Å². The highest BCUT2D eigenvalue weighted by atomic mass is 16.5. The van der Waals surface area contributed by atoms with Crippen molar-refractivity contribution >= 4 is 6.02 Å². The molecule has 0 aromatic rings. The zero-order chi connectivity index (χ0) is 6.41. The second-order valence-electron chi connectivity index (χ2n) is 1.11. The van der Waals surface area contributed by atoms with Crippen LogP contribution >= 0.6 is 0 Å². The molecule has 0 saturated heterocycles. The maximum Gasteiger partial charge on any atom is 0.298 e. The van der Waals surface area contributed by atoms with Crippen LogP contribution in [-0.2, 0) is 4.74 Å². The van der Waals surface area contributed by atoms with Gasteiger partial charge in [-0.25, -0.2) is 10.8 Å². The van der Waals surface area contributed by atoms with Crippen molar-refractivity contribution in [3.8, 4) is 0 Å². The zero-order valence-electron chi connectivity index (χ0n) is 5.14. The molecule has 4 heteroatoms. The molecule has 0 atom stereocenters. The molecule has 0 fully saturated rings. The minimum atomic E-state index is 0.368. The molecule has 0 unspecified atom stereocenters. The number of hydrogen-bond donors (Lipinski definition) is 2. The van der Waals surface area contributed by atoms with Gasteiger partial charge in [0, 0.05) is 7.05 Å². The maximum absolute atomic E-state index is 4.96. The molecular weight excluding hydrogens is 106 g/mol. The van der Waals surface area contributed by atoms with Gasteiger partial charge in [0.25, 0.3) is 6.02 Å². The van der Waals surface area contributed by atoms with Crippen molar-refractivity contribution in [1.29, 1.82) is 0 Å². The van der Waals surface area contributed by atoms with Crippen LogP contribution in [0.1, 0.15) is 6.92 Å². The largest absolute Gasteiger partial charge is 0.465 e. The van der Waals surface area contributed by atoms with E-state index in [-0.39, 0.29) is 0 Å². The van der Waals surface area contributed by atoms with Crippen LogP contribution in [0.5, 0.6) is 0 Å². The fraction of sp³-hybridized carbons (Fsp3) is 0.750. The van der Waals surface area contributed by atoms with E-state index in [1.165, 1.54) is 0 Å². The Morgan fingerprint density at radius 1 is 1.88 bits per heavy atom. The number of ether oxygens (including phenoxy) is 1. The normalized spacial score (nSPS) is 11.1. The van der Waals surface area contributed by atoms with E-state index in [4.69, 9.17) is 10.6 Å². The van der Waals surface area contributed by atoms with Crippen LogP contribution in [0.3, 0.4) is 0 Å². The van der Waals surface area contributed by atoms with Gasteiger partial charge in [0.1, 0.15) is 0 Å². The molecule has 0 aliphatic heterocycles. The number of nitrogens with one attached hydrogen (secondary N) is 1. The first kappa shape index (κ1) is 7.23. The first-order valence-electron chi connectivity index (χ1n) is 2.41. The molecule has 0 aliphatic carbocycles. The Hall–Kier alpha value is -0.770. The summed E-state index contributed by atoms with van der Waals surface area (Å²) in [7, 11) is 1.60. The van der Waals surface area contributed by atoms with Crippen molar-refractivity contribution in [3.05, 3.63) is 0 Å². The van der Waals surface area contributed by atoms with E-state index in [9.17, 15) is 0 Å². The summed E-state index contributed by atoms with van der Waals surface area (Å²) in [6.07, 6.45) is 0. The molecule has 0 aliphatic rings. The third kappa shape index (κ3) is 2.41. The van der Waals surface area contributed by atoms with Gasteiger partial charge in [-0.3, -0.25) is 5.43 Å². The first-order chi connectivity index (χ1) is 3.85. The predicted octanol–water partition coefficient (Wildman–Crippen LogP) is -0.528. The Balaban J connectivity index is 3.38. The minimum Gasteiger partial charge on any atom is -0.465 e. The summed E-state index contributed by atoms with van der Waals surface area (Å²) in [5, 5.41) is 0. The van der Waals surface area contributed by atoms with Gasteiger partial charge in [-0.05, 0) is 6.92 Å². The number of hydrogen-bond acceptors (Lipinski definition) is 3. The third-order valence-corrected chi connectivity index (χ3v) is 0.608. The Morgan fingerprint density at radius 2 is 2.50 bits per heavy atom.